The second-order valence-corrected chi connectivity index (χ2v) is 3.98. The zero-order valence-electron chi connectivity index (χ0n) is 10.3. The van der Waals surface area contributed by atoms with E-state index in [0.29, 0.717) is 18.5 Å². The number of nitrogens with one attached hydrogen (secondary N) is 1. The van der Waals surface area contributed by atoms with Gasteiger partial charge in [0.15, 0.2) is 0 Å². The second-order valence-electron chi connectivity index (χ2n) is 3.98. The number of hydrogen-bond acceptors (Lipinski definition) is 3. The van der Waals surface area contributed by atoms with Crippen LogP contribution in [-0.4, -0.2) is 30.8 Å². The second kappa shape index (κ2) is 6.91. The number of methoxy groups -OCH3 is 1. The lowest BCUT2D eigenvalue weighted by molar-refractivity contribution is 0.0949. The van der Waals surface area contributed by atoms with E-state index >= 15 is 0 Å². The third-order valence-corrected chi connectivity index (χ3v) is 2.44. The molecule has 0 heterocycles. The Morgan fingerprint density at radius 1 is 1.41 bits per heavy atom. The molecule has 0 aliphatic heterocycles. The van der Waals surface area contributed by atoms with E-state index in [1.165, 1.54) is 0 Å². The largest absolute Gasteiger partial charge is 0.497 e. The fourth-order valence-electron chi connectivity index (χ4n) is 1.44. The van der Waals surface area contributed by atoms with E-state index in [-0.39, 0.29) is 12.0 Å². The molecule has 4 nitrogen and oxygen atoms in total. The van der Waals surface area contributed by atoms with Crippen LogP contribution in [-0.2, 0) is 0 Å². The molecule has 1 amide bonds. The van der Waals surface area contributed by atoms with Crippen molar-refractivity contribution < 1.29 is 14.6 Å². The maximum absolute atomic E-state index is 11.7. The number of aliphatic hydroxyl groups excluding tert-OH is 1. The van der Waals surface area contributed by atoms with Crippen LogP contribution in [0.1, 0.15) is 30.1 Å². The molecule has 0 bridgehead atoms. The molecule has 0 radical (unpaired) electrons. The molecule has 0 saturated heterocycles. The first kappa shape index (κ1) is 13.5. The molecule has 1 rings (SSSR count). The Kier molecular flexibility index (Phi) is 5.49. The summed E-state index contributed by atoms with van der Waals surface area (Å²) in [7, 11) is 1.59. The average molecular weight is 237 g/mol. The van der Waals surface area contributed by atoms with Gasteiger partial charge in [-0.1, -0.05) is 0 Å². The predicted octanol–water partition coefficient (Wildman–Crippen LogP) is 1.59. The van der Waals surface area contributed by atoms with Gasteiger partial charge in [-0.15, -0.1) is 0 Å². The van der Waals surface area contributed by atoms with Gasteiger partial charge in [0, 0.05) is 12.1 Å². The molecular weight excluding hydrogens is 218 g/mol. The third-order valence-electron chi connectivity index (χ3n) is 2.44. The van der Waals surface area contributed by atoms with Gasteiger partial charge in [0.1, 0.15) is 5.75 Å². The van der Waals surface area contributed by atoms with E-state index in [4.69, 9.17) is 9.84 Å². The Morgan fingerprint density at radius 3 is 2.59 bits per heavy atom. The zero-order chi connectivity index (χ0) is 12.7. The molecule has 1 aromatic carbocycles. The van der Waals surface area contributed by atoms with Crippen molar-refractivity contribution in [3.63, 3.8) is 0 Å². The van der Waals surface area contributed by atoms with Gasteiger partial charge >= 0.3 is 0 Å². The monoisotopic (exact) mass is 237 g/mol. The topological polar surface area (TPSA) is 58.6 Å². The molecule has 4 heteroatoms. The molecule has 0 saturated carbocycles. The van der Waals surface area contributed by atoms with Crippen molar-refractivity contribution >= 4 is 5.91 Å². The molecule has 0 fully saturated rings. The number of carbonyl (C=O) groups is 1. The minimum absolute atomic E-state index is 0.0988. The minimum atomic E-state index is -0.312. The van der Waals surface area contributed by atoms with E-state index in [1.807, 2.05) is 0 Å². The van der Waals surface area contributed by atoms with Crippen molar-refractivity contribution in [2.75, 3.05) is 13.7 Å². The number of aliphatic hydroxyl groups is 1. The highest BCUT2D eigenvalue weighted by Gasteiger charge is 2.04. The van der Waals surface area contributed by atoms with E-state index in [2.05, 4.69) is 5.32 Å². The van der Waals surface area contributed by atoms with Crippen molar-refractivity contribution in [1.29, 1.82) is 0 Å². The summed E-state index contributed by atoms with van der Waals surface area (Å²) < 4.78 is 5.01. The van der Waals surface area contributed by atoms with E-state index < -0.39 is 0 Å². The molecule has 2 N–H and O–H groups in total. The molecule has 1 aromatic rings. The first-order valence-electron chi connectivity index (χ1n) is 5.74. The normalized spacial score (nSPS) is 11.9. The number of rotatable bonds is 6. The summed E-state index contributed by atoms with van der Waals surface area (Å²) in [4.78, 5) is 11.7. The van der Waals surface area contributed by atoms with Crippen LogP contribution in [0, 0.1) is 0 Å². The highest BCUT2D eigenvalue weighted by molar-refractivity contribution is 5.94. The molecule has 1 atom stereocenters. The van der Waals surface area contributed by atoms with Crippen molar-refractivity contribution in [2.24, 2.45) is 0 Å². The summed E-state index contributed by atoms with van der Waals surface area (Å²) >= 11 is 0. The summed E-state index contributed by atoms with van der Waals surface area (Å²) in [5.74, 6) is 0.633. The molecule has 1 unspecified atom stereocenters. The summed E-state index contributed by atoms with van der Waals surface area (Å²) in [6.45, 7) is 2.32. The van der Waals surface area contributed by atoms with Crippen LogP contribution in [0.25, 0.3) is 0 Å². The Bertz CT molecular complexity index is 346. The molecule has 17 heavy (non-hydrogen) atoms. The molecule has 0 spiro atoms. The molecule has 0 aliphatic carbocycles. The van der Waals surface area contributed by atoms with Gasteiger partial charge in [0.2, 0.25) is 0 Å². The van der Waals surface area contributed by atoms with Crippen LogP contribution >= 0.6 is 0 Å². The van der Waals surface area contributed by atoms with Crippen LogP contribution in [0.5, 0.6) is 5.75 Å². The standard InChI is InChI=1S/C13H19NO3/c1-10(15)4-3-9-14-13(16)11-5-7-12(17-2)8-6-11/h5-8,10,15H,3-4,9H2,1-2H3,(H,14,16). The predicted molar refractivity (Wildman–Crippen MR) is 66.2 cm³/mol. The highest BCUT2D eigenvalue weighted by atomic mass is 16.5. The lowest BCUT2D eigenvalue weighted by Crippen LogP contribution is -2.24. The summed E-state index contributed by atoms with van der Waals surface area (Å²) in [5.41, 5.74) is 0.614. The van der Waals surface area contributed by atoms with Crippen molar-refractivity contribution in [3.8, 4) is 5.75 Å². The van der Waals surface area contributed by atoms with Crippen molar-refractivity contribution in [3.05, 3.63) is 29.8 Å². The van der Waals surface area contributed by atoms with Crippen LogP contribution in [0.15, 0.2) is 24.3 Å². The first-order valence-corrected chi connectivity index (χ1v) is 5.74. The van der Waals surface area contributed by atoms with E-state index in [9.17, 15) is 4.79 Å². The average Bonchev–Trinajstić information content (AvgIpc) is 2.34. The van der Waals surface area contributed by atoms with Gasteiger partial charge in [-0.05, 0) is 44.0 Å². The lowest BCUT2D eigenvalue weighted by Gasteiger charge is -2.07. The lowest BCUT2D eigenvalue weighted by atomic mass is 10.2. The first-order chi connectivity index (χ1) is 8.13. The maximum atomic E-state index is 11.7. The number of benzene rings is 1. The molecule has 94 valence electrons. The Morgan fingerprint density at radius 2 is 2.06 bits per heavy atom. The van der Waals surface area contributed by atoms with E-state index in [1.54, 1.807) is 38.3 Å². The fourth-order valence-corrected chi connectivity index (χ4v) is 1.44. The quantitative estimate of drug-likeness (QED) is 0.739. The van der Waals surface area contributed by atoms with Gasteiger partial charge in [0.05, 0.1) is 13.2 Å². The van der Waals surface area contributed by atoms with Crippen LogP contribution in [0.3, 0.4) is 0 Å². The van der Waals surface area contributed by atoms with Crippen molar-refractivity contribution in [2.45, 2.75) is 25.9 Å². The Labute approximate surface area is 102 Å². The SMILES string of the molecule is COc1ccc(C(=O)NCCCC(C)O)cc1. The zero-order valence-corrected chi connectivity index (χ0v) is 10.3. The fraction of sp³-hybridized carbons (Fsp3) is 0.462. The van der Waals surface area contributed by atoms with Gasteiger partial charge in [0.25, 0.3) is 5.91 Å². The summed E-state index contributed by atoms with van der Waals surface area (Å²) in [5, 5.41) is 11.9. The van der Waals surface area contributed by atoms with E-state index in [0.717, 1.165) is 12.2 Å². The van der Waals surface area contributed by atoms with Crippen LogP contribution in [0.2, 0.25) is 0 Å². The van der Waals surface area contributed by atoms with Crippen LogP contribution < -0.4 is 10.1 Å². The Hall–Kier alpha value is -1.55. The number of amides is 1. The molecular formula is C13H19NO3. The van der Waals surface area contributed by atoms with Crippen LogP contribution in [0.4, 0.5) is 0 Å². The minimum Gasteiger partial charge on any atom is -0.497 e. The Balaban J connectivity index is 2.36. The maximum Gasteiger partial charge on any atom is 0.251 e. The number of ether oxygens (including phenoxy) is 1. The molecule has 0 aromatic heterocycles. The number of carbonyl (C=O) groups excluding carboxylic acids is 1. The smallest absolute Gasteiger partial charge is 0.251 e. The molecule has 0 aliphatic rings. The highest BCUT2D eigenvalue weighted by Crippen LogP contribution is 2.11. The van der Waals surface area contributed by atoms with Gasteiger partial charge in [-0.2, -0.15) is 0 Å². The summed E-state index contributed by atoms with van der Waals surface area (Å²) in [6, 6.07) is 6.96. The number of hydrogen-bond donors (Lipinski definition) is 2. The van der Waals surface area contributed by atoms with Gasteiger partial charge in [-0.25, -0.2) is 0 Å². The van der Waals surface area contributed by atoms with Gasteiger partial charge in [-0.3, -0.25) is 4.79 Å². The summed E-state index contributed by atoms with van der Waals surface area (Å²) in [6.07, 6.45) is 1.16. The van der Waals surface area contributed by atoms with Gasteiger partial charge < -0.3 is 15.2 Å². The third kappa shape index (κ3) is 4.87. The van der Waals surface area contributed by atoms with Crippen molar-refractivity contribution in [1.82, 2.24) is 5.32 Å².